The van der Waals surface area contributed by atoms with Gasteiger partial charge in [0.15, 0.2) is 0 Å². The van der Waals surface area contributed by atoms with Crippen LogP contribution in [-0.4, -0.2) is 34.3 Å². The van der Waals surface area contributed by atoms with Crippen molar-refractivity contribution in [3.05, 3.63) is 0 Å². The lowest BCUT2D eigenvalue weighted by atomic mass is 9.68. The van der Waals surface area contributed by atoms with Gasteiger partial charge in [0.2, 0.25) is 0 Å². The zero-order chi connectivity index (χ0) is 8.48. The fourth-order valence-corrected chi connectivity index (χ4v) is 2.38. The molecular weight excluding hydrogens is 164 g/mol. The van der Waals surface area contributed by atoms with Gasteiger partial charge in [0.05, 0.1) is 11.5 Å². The van der Waals surface area contributed by atoms with Crippen molar-refractivity contribution in [1.82, 2.24) is 0 Å². The van der Waals surface area contributed by atoms with Gasteiger partial charge in [0.1, 0.15) is 0 Å². The van der Waals surface area contributed by atoms with Crippen molar-refractivity contribution in [2.45, 2.75) is 18.9 Å². The summed E-state index contributed by atoms with van der Waals surface area (Å²) < 4.78 is 0. The maximum Gasteiger partial charge on any atom is 0.310 e. The van der Waals surface area contributed by atoms with E-state index in [0.717, 1.165) is 0 Å². The van der Waals surface area contributed by atoms with Gasteiger partial charge >= 0.3 is 5.97 Å². The molecule has 1 rings (SSSR count). The minimum atomic E-state index is -0.767. The molecule has 4 heteroatoms. The summed E-state index contributed by atoms with van der Waals surface area (Å²) in [7, 11) is 0. The first-order valence-electron chi connectivity index (χ1n) is 3.51. The van der Waals surface area contributed by atoms with Crippen LogP contribution in [0.4, 0.5) is 0 Å². The molecule has 64 valence electrons. The van der Waals surface area contributed by atoms with E-state index in [4.69, 9.17) is 10.2 Å². The first-order valence-corrected chi connectivity index (χ1v) is 4.90. The zero-order valence-corrected chi connectivity index (χ0v) is 7.23. The summed E-state index contributed by atoms with van der Waals surface area (Å²) in [5.41, 5.74) is -0.626. The number of carboxylic acid groups (broad SMARTS) is 1. The molecule has 0 aromatic carbocycles. The Morgan fingerprint density at radius 1 is 1.73 bits per heavy atom. The predicted molar refractivity (Wildman–Crippen MR) is 43.7 cm³/mol. The van der Waals surface area contributed by atoms with Crippen molar-refractivity contribution >= 4 is 17.7 Å². The van der Waals surface area contributed by atoms with Gasteiger partial charge in [-0.1, -0.05) is 0 Å². The lowest BCUT2D eigenvalue weighted by Crippen LogP contribution is -2.48. The van der Waals surface area contributed by atoms with E-state index in [1.54, 1.807) is 0 Å². The number of aliphatic hydroxyl groups is 1. The van der Waals surface area contributed by atoms with E-state index >= 15 is 0 Å². The topological polar surface area (TPSA) is 57.5 Å². The third kappa shape index (κ3) is 1.51. The fraction of sp³-hybridized carbons (Fsp3) is 0.857. The first-order chi connectivity index (χ1) is 5.10. The summed E-state index contributed by atoms with van der Waals surface area (Å²) in [6.45, 7) is 0. The molecule has 0 heterocycles. The Kier molecular flexibility index (Phi) is 2.44. The summed E-state index contributed by atoms with van der Waals surface area (Å²) >= 11 is 1.52. The van der Waals surface area contributed by atoms with Crippen molar-refractivity contribution in [3.63, 3.8) is 0 Å². The molecule has 3 nitrogen and oxygen atoms in total. The van der Waals surface area contributed by atoms with E-state index in [0.29, 0.717) is 18.6 Å². The van der Waals surface area contributed by atoms with Gasteiger partial charge in [0, 0.05) is 5.75 Å². The van der Waals surface area contributed by atoms with Crippen LogP contribution in [0, 0.1) is 5.41 Å². The van der Waals surface area contributed by atoms with Gasteiger partial charge in [-0.05, 0) is 19.1 Å². The van der Waals surface area contributed by atoms with Crippen LogP contribution in [-0.2, 0) is 4.79 Å². The minimum Gasteiger partial charge on any atom is -0.481 e. The Morgan fingerprint density at radius 2 is 2.27 bits per heavy atom. The monoisotopic (exact) mass is 176 g/mol. The van der Waals surface area contributed by atoms with E-state index in [2.05, 4.69) is 0 Å². The first kappa shape index (κ1) is 8.87. The van der Waals surface area contributed by atoms with E-state index in [-0.39, 0.29) is 0 Å². The van der Waals surface area contributed by atoms with E-state index in [1.165, 1.54) is 11.8 Å². The second kappa shape index (κ2) is 3.03. The molecule has 0 aliphatic heterocycles. The van der Waals surface area contributed by atoms with Crippen molar-refractivity contribution in [3.8, 4) is 0 Å². The molecule has 0 bridgehead atoms. The van der Waals surface area contributed by atoms with Gasteiger partial charge in [-0.3, -0.25) is 4.79 Å². The summed E-state index contributed by atoms with van der Waals surface area (Å²) in [4.78, 5) is 10.7. The highest BCUT2D eigenvalue weighted by molar-refractivity contribution is 7.98. The predicted octanol–water partition coefficient (Wildman–Crippen LogP) is 0.575. The minimum absolute atomic E-state index is 0.391. The Balaban J connectivity index is 2.53. The second-order valence-corrected chi connectivity index (χ2v) is 3.95. The SMILES string of the molecule is CSCC1(C(=O)O)CC(O)C1. The smallest absolute Gasteiger partial charge is 0.310 e. The van der Waals surface area contributed by atoms with Gasteiger partial charge in [0.25, 0.3) is 0 Å². The highest BCUT2D eigenvalue weighted by Gasteiger charge is 2.49. The average molecular weight is 176 g/mol. The van der Waals surface area contributed by atoms with Crippen molar-refractivity contribution in [2.24, 2.45) is 5.41 Å². The fourth-order valence-electron chi connectivity index (χ4n) is 1.47. The number of hydrogen-bond acceptors (Lipinski definition) is 3. The Morgan fingerprint density at radius 3 is 2.55 bits per heavy atom. The molecule has 0 atom stereocenters. The van der Waals surface area contributed by atoms with E-state index in [9.17, 15) is 4.79 Å². The molecular formula is C7H12O3S. The molecule has 1 aliphatic carbocycles. The molecule has 0 amide bonds. The molecule has 2 N–H and O–H groups in total. The van der Waals surface area contributed by atoms with Crippen molar-refractivity contribution in [2.75, 3.05) is 12.0 Å². The summed E-state index contributed by atoms with van der Waals surface area (Å²) in [5.74, 6) is -0.156. The summed E-state index contributed by atoms with van der Waals surface area (Å²) in [6, 6.07) is 0. The van der Waals surface area contributed by atoms with E-state index in [1.807, 2.05) is 6.26 Å². The number of hydrogen-bond donors (Lipinski definition) is 2. The van der Waals surface area contributed by atoms with Gasteiger partial charge in [-0.25, -0.2) is 0 Å². The summed E-state index contributed by atoms with van der Waals surface area (Å²) in [6.07, 6.45) is 2.33. The molecule has 0 radical (unpaired) electrons. The largest absolute Gasteiger partial charge is 0.481 e. The third-order valence-corrected chi connectivity index (χ3v) is 2.97. The van der Waals surface area contributed by atoms with Gasteiger partial charge in [-0.2, -0.15) is 11.8 Å². The molecule has 0 spiro atoms. The number of carbonyl (C=O) groups is 1. The maximum absolute atomic E-state index is 10.7. The molecule has 11 heavy (non-hydrogen) atoms. The number of carboxylic acids is 1. The zero-order valence-electron chi connectivity index (χ0n) is 6.41. The molecule has 0 aromatic heterocycles. The Bertz CT molecular complexity index is 158. The summed E-state index contributed by atoms with van der Waals surface area (Å²) in [5, 5.41) is 17.8. The highest BCUT2D eigenvalue weighted by Crippen LogP contribution is 2.43. The quantitative estimate of drug-likeness (QED) is 0.660. The van der Waals surface area contributed by atoms with Crippen LogP contribution in [0.5, 0.6) is 0 Å². The van der Waals surface area contributed by atoms with Crippen molar-refractivity contribution < 1.29 is 15.0 Å². The Labute approximate surface area is 69.8 Å². The van der Waals surface area contributed by atoms with Gasteiger partial charge < -0.3 is 10.2 Å². The highest BCUT2D eigenvalue weighted by atomic mass is 32.2. The van der Waals surface area contributed by atoms with Crippen molar-refractivity contribution in [1.29, 1.82) is 0 Å². The lowest BCUT2D eigenvalue weighted by molar-refractivity contribution is -0.159. The van der Waals surface area contributed by atoms with E-state index < -0.39 is 17.5 Å². The number of aliphatic hydroxyl groups excluding tert-OH is 1. The Hall–Kier alpha value is -0.220. The molecule has 1 aliphatic rings. The van der Waals surface area contributed by atoms with Crippen LogP contribution in [0.2, 0.25) is 0 Å². The maximum atomic E-state index is 10.7. The molecule has 0 unspecified atom stereocenters. The molecule has 1 fully saturated rings. The third-order valence-electron chi connectivity index (χ3n) is 2.13. The lowest BCUT2D eigenvalue weighted by Gasteiger charge is -2.41. The van der Waals surface area contributed by atoms with Crippen LogP contribution in [0.15, 0.2) is 0 Å². The number of rotatable bonds is 3. The number of aliphatic carboxylic acids is 1. The normalized spacial score (nSPS) is 36.4. The van der Waals surface area contributed by atoms with Crippen LogP contribution in [0.3, 0.4) is 0 Å². The van der Waals surface area contributed by atoms with Crippen LogP contribution in [0.25, 0.3) is 0 Å². The van der Waals surface area contributed by atoms with Crippen LogP contribution in [0.1, 0.15) is 12.8 Å². The average Bonchev–Trinajstić information content (AvgIpc) is 1.84. The second-order valence-electron chi connectivity index (χ2n) is 3.08. The van der Waals surface area contributed by atoms with Crippen LogP contribution >= 0.6 is 11.8 Å². The molecule has 0 saturated heterocycles. The van der Waals surface area contributed by atoms with Gasteiger partial charge in [-0.15, -0.1) is 0 Å². The molecule has 0 aromatic rings. The standard InChI is InChI=1S/C7H12O3S/c1-11-4-7(6(9)10)2-5(8)3-7/h5,8H,2-4H2,1H3,(H,9,10). The molecule has 1 saturated carbocycles. The van der Waals surface area contributed by atoms with Crippen LogP contribution < -0.4 is 0 Å². The number of thioether (sulfide) groups is 1.